The van der Waals surface area contributed by atoms with Crippen LogP contribution in [0.5, 0.6) is 0 Å². The van der Waals surface area contributed by atoms with Crippen LogP contribution in [0.2, 0.25) is 0 Å². The van der Waals surface area contributed by atoms with E-state index in [0.29, 0.717) is 25.7 Å². The molecule has 1 fully saturated rings. The third-order valence-corrected chi connectivity index (χ3v) is 18.7. The Balaban J connectivity index is 1.05. The number of likely N-dealkylation sites (tertiary alicyclic amines) is 1. The van der Waals surface area contributed by atoms with E-state index in [1.54, 1.807) is 142 Å². The second-order valence-corrected chi connectivity index (χ2v) is 20.8. The van der Waals surface area contributed by atoms with E-state index in [2.05, 4.69) is 78.6 Å². The summed E-state index contributed by atoms with van der Waals surface area (Å²) in [5, 5.41) is 40.9. The first-order valence-corrected chi connectivity index (χ1v) is 23.5. The summed E-state index contributed by atoms with van der Waals surface area (Å²) in [7, 11) is 1.78. The topological polar surface area (TPSA) is 21.7 Å². The highest BCUT2D eigenvalue weighted by Crippen LogP contribution is 2.70. The normalized spacial score (nSPS) is 22.2. The molecule has 14 aromatic rings. The predicted molar refractivity (Wildman–Crippen MR) is 258 cm³/mol. The zero-order chi connectivity index (χ0) is 39.5. The van der Waals surface area contributed by atoms with Gasteiger partial charge in [-0.1, -0.05) is 73.0 Å². The number of hydrogen-bond acceptors (Lipinski definition) is 3. The van der Waals surface area contributed by atoms with Crippen molar-refractivity contribution in [2.24, 2.45) is 5.92 Å². The van der Waals surface area contributed by atoms with Gasteiger partial charge >= 0.3 is 0 Å². The molecule has 5 aliphatic rings. The van der Waals surface area contributed by atoms with Crippen LogP contribution in [0.4, 0.5) is 0 Å². The van der Waals surface area contributed by atoms with E-state index in [1.807, 2.05) is 0 Å². The molecule has 0 saturated carbocycles. The van der Waals surface area contributed by atoms with Gasteiger partial charge in [0.2, 0.25) is 0 Å². The fourth-order valence-electron chi connectivity index (χ4n) is 17.3. The van der Waals surface area contributed by atoms with Gasteiger partial charge in [-0.2, -0.15) is 0 Å². The summed E-state index contributed by atoms with van der Waals surface area (Å²) in [4.78, 5) is 2.92. The van der Waals surface area contributed by atoms with Crippen molar-refractivity contribution < 1.29 is 9.47 Å². The van der Waals surface area contributed by atoms with Crippen LogP contribution in [0.3, 0.4) is 0 Å². The first-order chi connectivity index (χ1) is 30.7. The van der Waals surface area contributed by atoms with Crippen LogP contribution in [0.15, 0.2) is 66.7 Å². The largest absolute Gasteiger partial charge is 0.382 e. The van der Waals surface area contributed by atoms with Crippen LogP contribution < -0.4 is 10.4 Å². The molecule has 3 unspecified atom stereocenters. The zero-order valence-electron chi connectivity index (χ0n) is 34.8. The number of nitrogens with zero attached hydrogens (tertiary/aromatic N) is 1. The first-order valence-electron chi connectivity index (χ1n) is 23.5. The Morgan fingerprint density at radius 1 is 0.597 bits per heavy atom. The van der Waals surface area contributed by atoms with E-state index in [0.717, 1.165) is 45.2 Å². The van der Waals surface area contributed by atoms with Crippen LogP contribution in [-0.4, -0.2) is 44.9 Å². The Kier molecular flexibility index (Phi) is 4.71. The lowest BCUT2D eigenvalue weighted by Crippen LogP contribution is -2.44. The van der Waals surface area contributed by atoms with Gasteiger partial charge in [0.15, 0.2) is 0 Å². The molecule has 0 amide bonds. The Morgan fingerprint density at radius 3 is 2.02 bits per heavy atom. The van der Waals surface area contributed by atoms with E-state index in [9.17, 15) is 0 Å². The molecule has 14 aromatic carbocycles. The van der Waals surface area contributed by atoms with Gasteiger partial charge in [-0.25, -0.2) is 0 Å². The number of fused-ring (bicyclic) bond motifs is 2. The van der Waals surface area contributed by atoms with Gasteiger partial charge in [-0.3, -0.25) is 4.90 Å². The maximum absolute atomic E-state index is 6.40. The number of rotatable bonds is 9. The van der Waals surface area contributed by atoms with Crippen molar-refractivity contribution in [3.63, 3.8) is 0 Å². The molecule has 4 aliphatic carbocycles. The van der Waals surface area contributed by atoms with Crippen molar-refractivity contribution >= 4 is 140 Å². The molecule has 1 aliphatic heterocycles. The molecule has 0 radical (unpaired) electrons. The predicted octanol–water partition coefficient (Wildman–Crippen LogP) is 11.8. The molecule has 3 nitrogen and oxygen atoms in total. The maximum Gasteiger partial charge on any atom is 0.0700 e. The number of ether oxygens (including phenoxy) is 2. The van der Waals surface area contributed by atoms with Crippen molar-refractivity contribution in [3.8, 4) is 0 Å². The summed E-state index contributed by atoms with van der Waals surface area (Å²) in [6, 6.07) is 27.9. The van der Waals surface area contributed by atoms with E-state index in [-0.39, 0.29) is 11.5 Å². The lowest BCUT2D eigenvalue weighted by Gasteiger charge is -2.43. The molecule has 3 heteroatoms. The minimum absolute atomic E-state index is 0.0962. The van der Waals surface area contributed by atoms with E-state index >= 15 is 0 Å². The summed E-state index contributed by atoms with van der Waals surface area (Å²) in [5.41, 5.74) is 11.3. The van der Waals surface area contributed by atoms with Crippen molar-refractivity contribution in [1.29, 1.82) is 0 Å². The number of hydrogen-bond donors (Lipinski definition) is 0. The van der Waals surface area contributed by atoms with E-state index < -0.39 is 0 Å². The third-order valence-electron chi connectivity index (χ3n) is 18.7. The third kappa shape index (κ3) is 2.77. The molecule has 0 bridgehead atoms. The Morgan fingerprint density at radius 2 is 1.24 bits per heavy atom. The maximum atomic E-state index is 6.40. The van der Waals surface area contributed by atoms with Crippen LogP contribution >= 0.6 is 0 Å². The smallest absolute Gasteiger partial charge is 0.0700 e. The van der Waals surface area contributed by atoms with Crippen molar-refractivity contribution in [3.05, 3.63) is 105 Å². The van der Waals surface area contributed by atoms with E-state index in [4.69, 9.17) is 9.47 Å². The van der Waals surface area contributed by atoms with Crippen molar-refractivity contribution in [1.82, 2.24) is 4.90 Å². The average molecular weight is 794 g/mol. The second kappa shape index (κ2) is 9.41. The lowest BCUT2D eigenvalue weighted by atomic mass is 9.59. The summed E-state index contributed by atoms with van der Waals surface area (Å²) < 4.78 is 11.9. The highest BCUT2D eigenvalue weighted by Gasteiger charge is 2.62. The Bertz CT molecular complexity index is 4500. The summed E-state index contributed by atoms with van der Waals surface area (Å²) in [6.45, 7) is 6.29. The molecule has 62 heavy (non-hydrogen) atoms. The molecule has 1 saturated heterocycles. The molecule has 1 spiro atoms. The van der Waals surface area contributed by atoms with Gasteiger partial charge in [0.25, 0.3) is 0 Å². The monoisotopic (exact) mass is 793 g/mol. The first kappa shape index (κ1) is 31.1. The molecule has 0 N–H and O–H groups in total. The molecular weight excluding hydrogens is 755 g/mol. The highest BCUT2D eigenvalue weighted by molar-refractivity contribution is 6.63. The van der Waals surface area contributed by atoms with Gasteiger partial charge in [0.05, 0.1) is 19.8 Å². The van der Waals surface area contributed by atoms with Gasteiger partial charge in [-0.15, -0.1) is 0 Å². The minimum Gasteiger partial charge on any atom is -0.382 e. The van der Waals surface area contributed by atoms with Crippen LogP contribution in [0.1, 0.15) is 53.6 Å². The van der Waals surface area contributed by atoms with Gasteiger partial charge in [0.1, 0.15) is 0 Å². The summed E-state index contributed by atoms with van der Waals surface area (Å²) in [5.74, 6) is 0.414. The molecule has 19 rings (SSSR count). The van der Waals surface area contributed by atoms with Crippen LogP contribution in [0.25, 0.3) is 140 Å². The zero-order valence-corrected chi connectivity index (χ0v) is 34.8. The van der Waals surface area contributed by atoms with Crippen LogP contribution in [0, 0.1) is 5.92 Å². The van der Waals surface area contributed by atoms with Gasteiger partial charge in [-0.05, 0) is 211 Å². The number of benzene rings is 10. The SMILES string of the molecule is CCCc1cccc2c(C3N(CCOCCOC)CC4C5=c6c7c8c9c(cc%10cc%11cc%12cc%13cc%14c%15c(c6c6c7c7c9c%10c9c%11c%12c%10c%13c%15c6c%10c97)=C(C5)C%14)CC843)cccc12. The Labute approximate surface area is 354 Å². The average Bonchev–Trinajstić information content (AvgIpc) is 4.14. The molecule has 1 heterocycles. The standard InChI is InChI=1S/C59H39NO2/c1-3-6-24-7-4-9-33-32(24)8-5-10-34(33)58-59-22-31-20-29-18-26-15-25-16-28-17-27-19-30-21-35(36(59)23-60(58)11-12-62-14-13-61-2)44-49-40(30)39(27)46-41(28)45-37(25)38(26)47-42(29)48-43(31)57(59)56(44)55-53(48)51(47)50(45)52(46)54(49)55/h4-5,7-10,15-18,20,36,58H,3,6,11-14,19,21-23H2,1-2H3. The number of methoxy groups -OCH3 is 1. The summed E-state index contributed by atoms with van der Waals surface area (Å²) >= 11 is 0. The highest BCUT2D eigenvalue weighted by atomic mass is 16.5. The van der Waals surface area contributed by atoms with Gasteiger partial charge < -0.3 is 9.47 Å². The minimum atomic E-state index is -0.0962. The molecule has 3 atom stereocenters. The second-order valence-electron chi connectivity index (χ2n) is 20.8. The fourth-order valence-corrected chi connectivity index (χ4v) is 17.3. The van der Waals surface area contributed by atoms with Crippen molar-refractivity contribution in [2.75, 3.05) is 40.0 Å². The fraction of sp³-hybridized carbons (Fsp3) is 0.254. The Hall–Kier alpha value is -5.84. The van der Waals surface area contributed by atoms with Gasteiger partial charge in [0, 0.05) is 37.6 Å². The lowest BCUT2D eigenvalue weighted by molar-refractivity contribution is 0.0526. The van der Waals surface area contributed by atoms with E-state index in [1.165, 1.54) is 43.4 Å². The summed E-state index contributed by atoms with van der Waals surface area (Å²) in [6.07, 6.45) is 5.55. The molecular formula is C59H39NO2. The number of aryl methyl sites for hydroxylation is 1. The van der Waals surface area contributed by atoms with Crippen molar-refractivity contribution in [2.45, 2.75) is 50.5 Å². The quantitative estimate of drug-likeness (QED) is 0.107. The molecule has 0 aromatic heterocycles. The van der Waals surface area contributed by atoms with Crippen LogP contribution in [-0.2, 0) is 34.2 Å². The molecule has 292 valence electrons.